The molecule has 5 nitrogen and oxygen atoms in total. The molecule has 0 bridgehead atoms. The number of nitrogens with zero attached hydrogens (tertiary/aromatic N) is 1. The van der Waals surface area contributed by atoms with Gasteiger partial charge in [0.2, 0.25) is 0 Å². The first-order valence-electron chi connectivity index (χ1n) is 6.23. The minimum Gasteiger partial charge on any atom is -0.394 e. The molecule has 18 heavy (non-hydrogen) atoms. The molecule has 0 aliphatic carbocycles. The maximum absolute atomic E-state index is 11.3. The molecule has 1 aliphatic heterocycles. The van der Waals surface area contributed by atoms with E-state index in [2.05, 4.69) is 10.6 Å². The molecule has 1 saturated heterocycles. The van der Waals surface area contributed by atoms with Crippen LogP contribution in [-0.2, 0) is 0 Å². The fraction of sp³-hybridized carbons (Fsp3) is 0.462. The van der Waals surface area contributed by atoms with E-state index < -0.39 is 0 Å². The van der Waals surface area contributed by atoms with Gasteiger partial charge in [0.05, 0.1) is 12.6 Å². The van der Waals surface area contributed by atoms with Crippen molar-refractivity contribution in [1.82, 2.24) is 15.5 Å². The minimum atomic E-state index is -0.0723. The van der Waals surface area contributed by atoms with Crippen molar-refractivity contribution in [1.29, 1.82) is 0 Å². The van der Waals surface area contributed by atoms with Gasteiger partial charge in [-0.15, -0.1) is 0 Å². The van der Waals surface area contributed by atoms with Gasteiger partial charge in [-0.05, 0) is 5.56 Å². The van der Waals surface area contributed by atoms with Gasteiger partial charge in [0, 0.05) is 26.2 Å². The highest BCUT2D eigenvalue weighted by atomic mass is 16.3. The fourth-order valence-electron chi connectivity index (χ4n) is 2.07. The van der Waals surface area contributed by atoms with Crippen molar-refractivity contribution in [2.45, 2.75) is 6.04 Å². The second-order valence-electron chi connectivity index (χ2n) is 4.32. The van der Waals surface area contributed by atoms with Crippen LogP contribution in [0.15, 0.2) is 30.3 Å². The topological polar surface area (TPSA) is 64.6 Å². The molecule has 0 saturated carbocycles. The van der Waals surface area contributed by atoms with E-state index in [0.29, 0.717) is 13.1 Å². The molecule has 0 aromatic heterocycles. The average Bonchev–Trinajstić information content (AvgIpc) is 2.81. The molecule has 1 aromatic rings. The molecule has 1 aliphatic rings. The highest BCUT2D eigenvalue weighted by molar-refractivity contribution is 5.76. The zero-order valence-electron chi connectivity index (χ0n) is 10.3. The number of carbonyl (C=O) groups is 1. The molecule has 1 aromatic carbocycles. The van der Waals surface area contributed by atoms with Gasteiger partial charge >= 0.3 is 6.03 Å². The third-order valence-corrected chi connectivity index (χ3v) is 3.10. The van der Waals surface area contributed by atoms with E-state index in [9.17, 15) is 9.90 Å². The first-order chi connectivity index (χ1) is 8.81. The van der Waals surface area contributed by atoms with Crippen molar-refractivity contribution in [3.63, 3.8) is 0 Å². The Kier molecular flexibility index (Phi) is 4.55. The van der Waals surface area contributed by atoms with Gasteiger partial charge in [0.1, 0.15) is 0 Å². The summed E-state index contributed by atoms with van der Waals surface area (Å²) >= 11 is 0. The highest BCUT2D eigenvalue weighted by Gasteiger charge is 2.19. The summed E-state index contributed by atoms with van der Waals surface area (Å²) in [5.41, 5.74) is 1.06. The summed E-state index contributed by atoms with van der Waals surface area (Å²) in [6.07, 6.45) is 0. The lowest BCUT2D eigenvalue weighted by Crippen LogP contribution is -2.36. The van der Waals surface area contributed by atoms with Gasteiger partial charge in [-0.25, -0.2) is 4.79 Å². The molecule has 1 heterocycles. The Morgan fingerprint density at radius 2 is 2.17 bits per heavy atom. The van der Waals surface area contributed by atoms with E-state index in [1.54, 1.807) is 4.90 Å². The Labute approximate surface area is 107 Å². The highest BCUT2D eigenvalue weighted by Crippen LogP contribution is 2.11. The van der Waals surface area contributed by atoms with Crippen LogP contribution in [0.3, 0.4) is 0 Å². The smallest absolute Gasteiger partial charge is 0.317 e. The average molecular weight is 249 g/mol. The predicted molar refractivity (Wildman–Crippen MR) is 69.2 cm³/mol. The number of benzene rings is 1. The summed E-state index contributed by atoms with van der Waals surface area (Å²) in [6, 6.07) is 9.74. The number of aliphatic hydroxyl groups is 1. The number of nitrogens with one attached hydrogen (secondary N) is 2. The third-order valence-electron chi connectivity index (χ3n) is 3.10. The van der Waals surface area contributed by atoms with Crippen LogP contribution in [0.2, 0.25) is 0 Å². The lowest BCUT2D eigenvalue weighted by Gasteiger charge is -2.19. The summed E-state index contributed by atoms with van der Waals surface area (Å²) in [7, 11) is 0. The van der Waals surface area contributed by atoms with E-state index in [1.165, 1.54) is 0 Å². The number of urea groups is 1. The van der Waals surface area contributed by atoms with Crippen LogP contribution in [-0.4, -0.2) is 48.8 Å². The van der Waals surface area contributed by atoms with E-state index in [4.69, 9.17) is 0 Å². The summed E-state index contributed by atoms with van der Waals surface area (Å²) in [5.74, 6) is 0. The second-order valence-corrected chi connectivity index (χ2v) is 4.32. The van der Waals surface area contributed by atoms with Crippen molar-refractivity contribution in [2.75, 3.05) is 32.8 Å². The summed E-state index contributed by atoms with van der Waals surface area (Å²) in [5, 5.41) is 15.4. The third kappa shape index (κ3) is 3.21. The van der Waals surface area contributed by atoms with Crippen LogP contribution in [0.1, 0.15) is 11.6 Å². The van der Waals surface area contributed by atoms with Gasteiger partial charge in [0.25, 0.3) is 0 Å². The fourth-order valence-corrected chi connectivity index (χ4v) is 2.07. The van der Waals surface area contributed by atoms with E-state index in [-0.39, 0.29) is 18.7 Å². The Morgan fingerprint density at radius 1 is 1.39 bits per heavy atom. The molecule has 98 valence electrons. The SMILES string of the molecule is O=C1NCCN1CCNC(CO)c1ccccc1. The number of amides is 2. The predicted octanol–water partition coefficient (Wildman–Crippen LogP) is 0.335. The normalized spacial score (nSPS) is 16.7. The molecular weight excluding hydrogens is 230 g/mol. The molecule has 5 heteroatoms. The molecule has 1 unspecified atom stereocenters. The van der Waals surface area contributed by atoms with Crippen LogP contribution < -0.4 is 10.6 Å². The van der Waals surface area contributed by atoms with E-state index in [1.807, 2.05) is 30.3 Å². The molecular formula is C13H19N3O2. The summed E-state index contributed by atoms with van der Waals surface area (Å²) < 4.78 is 0. The maximum Gasteiger partial charge on any atom is 0.317 e. The van der Waals surface area contributed by atoms with Gasteiger partial charge in [-0.1, -0.05) is 30.3 Å². The molecule has 1 fully saturated rings. The van der Waals surface area contributed by atoms with Gasteiger partial charge < -0.3 is 20.6 Å². The zero-order chi connectivity index (χ0) is 12.8. The zero-order valence-corrected chi connectivity index (χ0v) is 10.3. The number of rotatable bonds is 6. The largest absolute Gasteiger partial charge is 0.394 e. The number of hydrogen-bond acceptors (Lipinski definition) is 3. The monoisotopic (exact) mass is 249 g/mol. The van der Waals surface area contributed by atoms with Crippen molar-refractivity contribution < 1.29 is 9.90 Å². The van der Waals surface area contributed by atoms with Crippen molar-refractivity contribution in [2.24, 2.45) is 0 Å². The Bertz CT molecular complexity index is 383. The lowest BCUT2D eigenvalue weighted by atomic mass is 10.1. The van der Waals surface area contributed by atoms with E-state index >= 15 is 0 Å². The summed E-state index contributed by atoms with van der Waals surface area (Å²) in [4.78, 5) is 13.1. The van der Waals surface area contributed by atoms with Crippen molar-refractivity contribution in [3.8, 4) is 0 Å². The molecule has 1 atom stereocenters. The maximum atomic E-state index is 11.3. The van der Waals surface area contributed by atoms with Gasteiger partial charge in [-0.3, -0.25) is 0 Å². The van der Waals surface area contributed by atoms with Crippen LogP contribution in [0, 0.1) is 0 Å². The van der Waals surface area contributed by atoms with Crippen molar-refractivity contribution >= 4 is 6.03 Å². The lowest BCUT2D eigenvalue weighted by molar-refractivity contribution is 0.213. The quantitative estimate of drug-likeness (QED) is 0.681. The Balaban J connectivity index is 1.79. The van der Waals surface area contributed by atoms with Gasteiger partial charge in [0.15, 0.2) is 0 Å². The standard InChI is InChI=1S/C13H19N3O2/c17-10-12(11-4-2-1-3-5-11)14-6-8-16-9-7-15-13(16)18/h1-5,12,14,17H,6-10H2,(H,15,18). The minimum absolute atomic E-state index is 0.00272. The number of carbonyl (C=O) groups excluding carboxylic acids is 1. The van der Waals surface area contributed by atoms with Crippen LogP contribution in [0.5, 0.6) is 0 Å². The number of hydrogen-bond donors (Lipinski definition) is 3. The number of aliphatic hydroxyl groups excluding tert-OH is 1. The van der Waals surface area contributed by atoms with Crippen LogP contribution in [0.25, 0.3) is 0 Å². The Hall–Kier alpha value is -1.59. The second kappa shape index (κ2) is 6.37. The Morgan fingerprint density at radius 3 is 2.78 bits per heavy atom. The van der Waals surface area contributed by atoms with Crippen LogP contribution >= 0.6 is 0 Å². The van der Waals surface area contributed by atoms with Crippen LogP contribution in [0.4, 0.5) is 4.79 Å². The molecule has 2 amide bonds. The molecule has 3 N–H and O–H groups in total. The molecule has 0 spiro atoms. The first kappa shape index (κ1) is 12.9. The molecule has 2 rings (SSSR count). The summed E-state index contributed by atoms with van der Waals surface area (Å²) in [6.45, 7) is 2.87. The van der Waals surface area contributed by atoms with E-state index in [0.717, 1.165) is 18.7 Å². The van der Waals surface area contributed by atoms with Gasteiger partial charge in [-0.2, -0.15) is 0 Å². The first-order valence-corrected chi connectivity index (χ1v) is 6.23. The van der Waals surface area contributed by atoms with Crippen molar-refractivity contribution in [3.05, 3.63) is 35.9 Å². The molecule has 0 radical (unpaired) electrons.